The molecule has 2 rings (SSSR count). The van der Waals surface area contributed by atoms with Gasteiger partial charge in [0.15, 0.2) is 11.6 Å². The smallest absolute Gasteiger partial charge is 0.377 e. The van der Waals surface area contributed by atoms with Crippen LogP contribution in [0, 0.1) is 18.6 Å². The summed E-state index contributed by atoms with van der Waals surface area (Å²) in [6.07, 6.45) is 0. The van der Waals surface area contributed by atoms with Gasteiger partial charge in [0.2, 0.25) is 5.75 Å². The lowest BCUT2D eigenvalue weighted by molar-refractivity contribution is 0.222. The van der Waals surface area contributed by atoms with Crippen molar-refractivity contribution >= 4 is 17.1 Å². The van der Waals surface area contributed by atoms with E-state index in [2.05, 4.69) is 4.74 Å². The summed E-state index contributed by atoms with van der Waals surface area (Å²) in [5, 5.41) is -0.784. The predicted molar refractivity (Wildman–Crippen MR) is 69.4 cm³/mol. The fourth-order valence-corrected chi connectivity index (χ4v) is 1.98. The first-order chi connectivity index (χ1) is 9.06. The number of hydrogen-bond donors (Lipinski definition) is 0. The van der Waals surface area contributed by atoms with Crippen molar-refractivity contribution in [1.82, 2.24) is 0 Å². The molecule has 0 unspecified atom stereocenters. The fraction of sp³-hybridized carbons (Fsp3) is 0.0714. The van der Waals surface area contributed by atoms with Gasteiger partial charge in [0.05, 0.1) is 0 Å². The summed E-state index contributed by atoms with van der Waals surface area (Å²) in [4.78, 5) is 12.2. The number of rotatable bonds is 2. The molecule has 0 aromatic heterocycles. The van der Waals surface area contributed by atoms with Crippen molar-refractivity contribution < 1.29 is 18.3 Å². The van der Waals surface area contributed by atoms with Crippen molar-refractivity contribution in [3.63, 3.8) is 0 Å². The van der Waals surface area contributed by atoms with Crippen LogP contribution < -0.4 is 4.74 Å². The number of ether oxygens (including phenoxy) is 1. The van der Waals surface area contributed by atoms with Crippen LogP contribution in [-0.2, 0) is 0 Å². The number of carbonyl (C=O) groups excluding carboxylic acids is 1. The van der Waals surface area contributed by atoms with Crippen molar-refractivity contribution in [2.45, 2.75) is 11.8 Å². The maximum atomic E-state index is 13.3. The summed E-state index contributed by atoms with van der Waals surface area (Å²) in [6, 6.07) is 10.4. The van der Waals surface area contributed by atoms with Gasteiger partial charge in [-0.15, -0.1) is 0 Å². The van der Waals surface area contributed by atoms with E-state index in [1.54, 1.807) is 12.1 Å². The molecule has 2 aromatic rings. The number of thioether (sulfide) groups is 1. The van der Waals surface area contributed by atoms with E-state index in [1.165, 1.54) is 6.07 Å². The van der Waals surface area contributed by atoms with Gasteiger partial charge in [-0.05, 0) is 43.0 Å². The topological polar surface area (TPSA) is 26.3 Å². The number of para-hydroxylation sites is 1. The van der Waals surface area contributed by atoms with Crippen LogP contribution in [0.3, 0.4) is 0 Å². The van der Waals surface area contributed by atoms with Gasteiger partial charge in [-0.3, -0.25) is 0 Å². The van der Waals surface area contributed by atoms with E-state index in [9.17, 15) is 13.6 Å². The third-order valence-corrected chi connectivity index (χ3v) is 3.08. The molecule has 0 radical (unpaired) electrons. The van der Waals surface area contributed by atoms with E-state index in [1.807, 2.05) is 19.1 Å². The average Bonchev–Trinajstić information content (AvgIpc) is 2.37. The van der Waals surface area contributed by atoms with Gasteiger partial charge in [0, 0.05) is 4.90 Å². The van der Waals surface area contributed by atoms with Crippen molar-refractivity contribution in [3.8, 4) is 5.75 Å². The minimum absolute atomic E-state index is 0.646. The number of aryl methyl sites for hydroxylation is 1. The molecule has 0 atom stereocenters. The molecule has 0 heterocycles. The maximum Gasteiger partial charge on any atom is 0.377 e. The van der Waals surface area contributed by atoms with Crippen LogP contribution in [0.1, 0.15) is 5.56 Å². The van der Waals surface area contributed by atoms with E-state index in [0.29, 0.717) is 4.90 Å². The Balaban J connectivity index is 2.07. The van der Waals surface area contributed by atoms with E-state index in [-0.39, 0.29) is 0 Å². The SMILES string of the molecule is Cc1ccc(SC(=O)Oc2c(F)cccc2F)cc1. The Bertz CT molecular complexity index is 577. The molecule has 0 amide bonds. The highest BCUT2D eigenvalue weighted by molar-refractivity contribution is 8.13. The predicted octanol–water partition coefficient (Wildman–Crippen LogP) is 4.56. The molecular formula is C14H10F2O2S. The second kappa shape index (κ2) is 5.84. The Labute approximate surface area is 113 Å². The van der Waals surface area contributed by atoms with E-state index in [4.69, 9.17) is 0 Å². The summed E-state index contributed by atoms with van der Waals surface area (Å²) in [5.74, 6) is -2.48. The molecule has 5 heteroatoms. The molecule has 0 N–H and O–H groups in total. The fourth-order valence-electron chi connectivity index (χ4n) is 1.39. The molecule has 0 aliphatic heterocycles. The molecule has 0 spiro atoms. The lowest BCUT2D eigenvalue weighted by Gasteiger charge is -2.05. The van der Waals surface area contributed by atoms with Crippen LogP contribution in [0.2, 0.25) is 0 Å². The quantitative estimate of drug-likeness (QED) is 0.595. The summed E-state index contributed by atoms with van der Waals surface area (Å²) in [7, 11) is 0. The largest absolute Gasteiger partial charge is 0.412 e. The number of halogens is 2. The zero-order valence-corrected chi connectivity index (χ0v) is 10.8. The summed E-state index contributed by atoms with van der Waals surface area (Å²) in [5.41, 5.74) is 1.05. The van der Waals surface area contributed by atoms with Crippen molar-refractivity contribution in [2.75, 3.05) is 0 Å². The normalized spacial score (nSPS) is 10.3. The molecule has 0 saturated carbocycles. The number of carbonyl (C=O) groups is 1. The van der Waals surface area contributed by atoms with Gasteiger partial charge in [0.25, 0.3) is 0 Å². The molecule has 0 aliphatic rings. The van der Waals surface area contributed by atoms with Crippen LogP contribution in [0.15, 0.2) is 47.4 Å². The summed E-state index contributed by atoms with van der Waals surface area (Å²) in [6.45, 7) is 1.92. The highest BCUT2D eigenvalue weighted by Crippen LogP contribution is 2.26. The lowest BCUT2D eigenvalue weighted by atomic mass is 10.2. The standard InChI is InChI=1S/C14H10F2O2S/c1-9-5-7-10(8-6-9)19-14(17)18-13-11(15)3-2-4-12(13)16/h2-8H,1H3. The van der Waals surface area contributed by atoms with Crippen LogP contribution in [0.25, 0.3) is 0 Å². The Morgan fingerprint density at radius 2 is 1.63 bits per heavy atom. The van der Waals surface area contributed by atoms with Gasteiger partial charge in [0.1, 0.15) is 0 Å². The summed E-state index contributed by atoms with van der Waals surface area (Å²) < 4.78 is 31.2. The molecule has 0 aliphatic carbocycles. The first kappa shape index (κ1) is 13.5. The van der Waals surface area contributed by atoms with Crippen molar-refractivity contribution in [1.29, 1.82) is 0 Å². The van der Waals surface area contributed by atoms with Gasteiger partial charge < -0.3 is 4.74 Å². The molecule has 98 valence electrons. The van der Waals surface area contributed by atoms with Crippen LogP contribution in [0.4, 0.5) is 13.6 Å². The van der Waals surface area contributed by atoms with Crippen LogP contribution in [0.5, 0.6) is 5.75 Å². The maximum absolute atomic E-state index is 13.3. The second-order valence-corrected chi connectivity index (χ2v) is 4.83. The van der Waals surface area contributed by atoms with Gasteiger partial charge in [-0.2, -0.15) is 0 Å². The third kappa shape index (κ3) is 3.54. The Morgan fingerprint density at radius 1 is 1.05 bits per heavy atom. The molecule has 0 bridgehead atoms. The molecule has 0 fully saturated rings. The van der Waals surface area contributed by atoms with Crippen LogP contribution >= 0.6 is 11.8 Å². The minimum Gasteiger partial charge on any atom is -0.412 e. The Hall–Kier alpha value is -1.88. The van der Waals surface area contributed by atoms with E-state index >= 15 is 0 Å². The van der Waals surface area contributed by atoms with E-state index < -0.39 is 22.7 Å². The first-order valence-corrected chi connectivity index (χ1v) is 6.28. The zero-order chi connectivity index (χ0) is 13.8. The number of hydrogen-bond acceptors (Lipinski definition) is 3. The van der Waals surface area contributed by atoms with Gasteiger partial charge in [-0.25, -0.2) is 13.6 Å². The molecule has 2 nitrogen and oxygen atoms in total. The van der Waals surface area contributed by atoms with Crippen LogP contribution in [-0.4, -0.2) is 5.30 Å². The van der Waals surface area contributed by atoms with Gasteiger partial charge >= 0.3 is 5.30 Å². The highest BCUT2D eigenvalue weighted by atomic mass is 32.2. The van der Waals surface area contributed by atoms with Crippen molar-refractivity contribution in [2.24, 2.45) is 0 Å². The van der Waals surface area contributed by atoms with Crippen molar-refractivity contribution in [3.05, 3.63) is 59.7 Å². The van der Waals surface area contributed by atoms with Gasteiger partial charge in [-0.1, -0.05) is 23.8 Å². The third-order valence-electron chi connectivity index (χ3n) is 2.33. The molecule has 19 heavy (non-hydrogen) atoms. The Morgan fingerprint density at radius 3 is 2.21 bits per heavy atom. The Kier molecular flexibility index (Phi) is 4.16. The number of benzene rings is 2. The minimum atomic E-state index is -0.905. The first-order valence-electron chi connectivity index (χ1n) is 5.46. The zero-order valence-electron chi connectivity index (χ0n) is 10.0. The highest BCUT2D eigenvalue weighted by Gasteiger charge is 2.15. The summed E-state index contributed by atoms with van der Waals surface area (Å²) >= 11 is 0.770. The molecule has 0 saturated heterocycles. The molecule has 2 aromatic carbocycles. The van der Waals surface area contributed by atoms with E-state index in [0.717, 1.165) is 29.5 Å². The average molecular weight is 280 g/mol. The lowest BCUT2D eigenvalue weighted by Crippen LogP contribution is -2.04. The monoisotopic (exact) mass is 280 g/mol. The molecular weight excluding hydrogens is 270 g/mol. The second-order valence-electron chi connectivity index (χ2n) is 3.82.